The normalized spacial score (nSPS) is 17.8. The van der Waals surface area contributed by atoms with Crippen molar-refractivity contribution in [3.63, 3.8) is 0 Å². The minimum absolute atomic E-state index is 0.0370. The van der Waals surface area contributed by atoms with Gasteiger partial charge in [0.1, 0.15) is 0 Å². The number of benzene rings is 1. The molecule has 1 aliphatic rings. The summed E-state index contributed by atoms with van der Waals surface area (Å²) in [5.41, 5.74) is 2.54. The number of carbonyl (C=O) groups excluding carboxylic acids is 1. The van der Waals surface area contributed by atoms with Crippen LogP contribution in [-0.2, 0) is 4.79 Å². The minimum Gasteiger partial charge on any atom is -0.351 e. The maximum atomic E-state index is 12.9. The van der Waals surface area contributed by atoms with Crippen LogP contribution in [0.25, 0.3) is 0 Å². The molecular weight excluding hydrogens is 362 g/mol. The van der Waals surface area contributed by atoms with Crippen LogP contribution in [0.5, 0.6) is 0 Å². The second-order valence-electron chi connectivity index (χ2n) is 5.10. The van der Waals surface area contributed by atoms with Gasteiger partial charge in [-0.05, 0) is 50.7 Å². The summed E-state index contributed by atoms with van der Waals surface area (Å²) in [6.07, 6.45) is 0. The molecule has 1 unspecified atom stereocenters. The first-order valence-electron chi connectivity index (χ1n) is 7.30. The van der Waals surface area contributed by atoms with Crippen LogP contribution in [0, 0.1) is 0 Å². The molecular formula is C16H20BrN3OS. The second-order valence-corrected chi connectivity index (χ2v) is 6.43. The van der Waals surface area contributed by atoms with E-state index >= 15 is 0 Å². The topological polar surface area (TPSA) is 44.4 Å². The maximum Gasteiger partial charge on any atom is 0.253 e. The van der Waals surface area contributed by atoms with Crippen molar-refractivity contribution in [1.82, 2.24) is 15.5 Å². The Morgan fingerprint density at radius 3 is 2.64 bits per heavy atom. The Labute approximate surface area is 145 Å². The molecule has 118 valence electrons. The predicted molar refractivity (Wildman–Crippen MR) is 96.4 cm³/mol. The Balaban J connectivity index is 2.47. The molecule has 0 aromatic heterocycles. The third kappa shape index (κ3) is 3.50. The third-order valence-corrected chi connectivity index (χ3v) is 4.45. The largest absolute Gasteiger partial charge is 0.351 e. The van der Waals surface area contributed by atoms with Gasteiger partial charge < -0.3 is 15.5 Å². The Bertz CT molecular complexity index is 626. The van der Waals surface area contributed by atoms with Crippen molar-refractivity contribution in [3.8, 4) is 0 Å². The number of thiocarbonyl (C=S) groups is 1. The van der Waals surface area contributed by atoms with Crippen LogP contribution >= 0.6 is 28.1 Å². The molecule has 1 atom stereocenters. The van der Waals surface area contributed by atoms with Crippen molar-refractivity contribution >= 4 is 39.2 Å². The monoisotopic (exact) mass is 381 g/mol. The van der Waals surface area contributed by atoms with Crippen LogP contribution < -0.4 is 10.6 Å². The van der Waals surface area contributed by atoms with Gasteiger partial charge in [0.25, 0.3) is 5.91 Å². The maximum absolute atomic E-state index is 12.9. The SMILES string of the molecule is CCN(CC)C(=O)C1=C(C)NC(=S)NC1c1cccc(Br)c1. The van der Waals surface area contributed by atoms with Crippen molar-refractivity contribution in [1.29, 1.82) is 0 Å². The molecule has 1 amide bonds. The van der Waals surface area contributed by atoms with E-state index in [9.17, 15) is 4.79 Å². The van der Waals surface area contributed by atoms with E-state index in [0.29, 0.717) is 18.2 Å². The van der Waals surface area contributed by atoms with Crippen molar-refractivity contribution in [2.75, 3.05) is 13.1 Å². The van der Waals surface area contributed by atoms with Gasteiger partial charge in [-0.15, -0.1) is 0 Å². The smallest absolute Gasteiger partial charge is 0.253 e. The van der Waals surface area contributed by atoms with E-state index in [1.807, 2.05) is 49.9 Å². The first kappa shape index (κ1) is 17.0. The van der Waals surface area contributed by atoms with Gasteiger partial charge in [-0.1, -0.05) is 28.1 Å². The number of nitrogens with zero attached hydrogens (tertiary/aromatic N) is 1. The van der Waals surface area contributed by atoms with Crippen LogP contribution in [0.3, 0.4) is 0 Å². The zero-order valence-corrected chi connectivity index (χ0v) is 15.3. The number of nitrogens with one attached hydrogen (secondary N) is 2. The number of allylic oxidation sites excluding steroid dienone is 1. The number of likely N-dealkylation sites (N-methyl/N-ethyl adjacent to an activating group) is 1. The molecule has 0 spiro atoms. The first-order chi connectivity index (χ1) is 10.5. The fourth-order valence-corrected chi connectivity index (χ4v) is 3.28. The highest BCUT2D eigenvalue weighted by Crippen LogP contribution is 2.29. The molecule has 6 heteroatoms. The summed E-state index contributed by atoms with van der Waals surface area (Å²) in [5, 5.41) is 6.83. The fraction of sp³-hybridized carbons (Fsp3) is 0.375. The summed E-state index contributed by atoms with van der Waals surface area (Å²) < 4.78 is 0.976. The highest BCUT2D eigenvalue weighted by molar-refractivity contribution is 9.10. The van der Waals surface area contributed by atoms with Crippen LogP contribution in [-0.4, -0.2) is 29.0 Å². The van der Waals surface area contributed by atoms with E-state index in [1.165, 1.54) is 0 Å². The van der Waals surface area contributed by atoms with E-state index in [1.54, 1.807) is 0 Å². The fourth-order valence-electron chi connectivity index (χ4n) is 2.59. The summed E-state index contributed by atoms with van der Waals surface area (Å²) in [4.78, 5) is 14.7. The van der Waals surface area contributed by atoms with Crippen molar-refractivity contribution in [3.05, 3.63) is 45.6 Å². The Kier molecular flexibility index (Phi) is 5.58. The molecule has 0 fully saturated rings. The van der Waals surface area contributed by atoms with Crippen LogP contribution in [0.2, 0.25) is 0 Å². The highest BCUT2D eigenvalue weighted by Gasteiger charge is 2.31. The molecule has 2 rings (SSSR count). The van der Waals surface area contributed by atoms with E-state index in [-0.39, 0.29) is 11.9 Å². The molecule has 0 saturated carbocycles. The standard InChI is InChI=1S/C16H20BrN3OS/c1-4-20(5-2)15(21)13-10(3)18-16(22)19-14(13)11-7-6-8-12(17)9-11/h6-9,14H,4-5H2,1-3H3,(H2,18,19,22). The lowest BCUT2D eigenvalue weighted by molar-refractivity contribution is -0.127. The average molecular weight is 382 g/mol. The first-order valence-corrected chi connectivity index (χ1v) is 8.51. The highest BCUT2D eigenvalue weighted by atomic mass is 79.9. The molecule has 0 bridgehead atoms. The Morgan fingerprint density at radius 1 is 1.36 bits per heavy atom. The molecule has 22 heavy (non-hydrogen) atoms. The van der Waals surface area contributed by atoms with Gasteiger partial charge in [-0.3, -0.25) is 4.79 Å². The van der Waals surface area contributed by atoms with Gasteiger partial charge in [-0.2, -0.15) is 0 Å². The Hall–Kier alpha value is -1.40. The number of rotatable bonds is 4. The van der Waals surface area contributed by atoms with Gasteiger partial charge >= 0.3 is 0 Å². The molecule has 0 aliphatic carbocycles. The third-order valence-electron chi connectivity index (χ3n) is 3.73. The second kappa shape index (κ2) is 7.24. The van der Waals surface area contributed by atoms with Gasteiger partial charge in [0.2, 0.25) is 0 Å². The zero-order valence-electron chi connectivity index (χ0n) is 12.9. The summed E-state index contributed by atoms with van der Waals surface area (Å²) >= 11 is 8.75. The Morgan fingerprint density at radius 2 is 2.05 bits per heavy atom. The zero-order chi connectivity index (χ0) is 16.3. The summed E-state index contributed by atoms with van der Waals surface area (Å²) in [7, 11) is 0. The van der Waals surface area contributed by atoms with Gasteiger partial charge in [0.15, 0.2) is 5.11 Å². The molecule has 1 aromatic carbocycles. The van der Waals surface area contributed by atoms with Crippen LogP contribution in [0.15, 0.2) is 40.0 Å². The van der Waals surface area contributed by atoms with Crippen molar-refractivity contribution in [2.24, 2.45) is 0 Å². The predicted octanol–water partition coefficient (Wildman–Crippen LogP) is 3.11. The van der Waals surface area contributed by atoms with Crippen LogP contribution in [0.1, 0.15) is 32.4 Å². The van der Waals surface area contributed by atoms with Crippen molar-refractivity contribution < 1.29 is 4.79 Å². The summed E-state index contributed by atoms with van der Waals surface area (Å²) in [6, 6.07) is 7.69. The number of amides is 1. The number of hydrogen-bond donors (Lipinski definition) is 2. The molecule has 4 nitrogen and oxygen atoms in total. The summed E-state index contributed by atoms with van der Waals surface area (Å²) in [5.74, 6) is 0.0370. The van der Waals surface area contributed by atoms with Crippen LogP contribution in [0.4, 0.5) is 0 Å². The molecule has 0 radical (unpaired) electrons. The van der Waals surface area contributed by atoms with E-state index < -0.39 is 0 Å². The van der Waals surface area contributed by atoms with Crippen molar-refractivity contribution in [2.45, 2.75) is 26.8 Å². The number of hydrogen-bond acceptors (Lipinski definition) is 2. The van der Waals surface area contributed by atoms with E-state index in [0.717, 1.165) is 21.3 Å². The van der Waals surface area contributed by atoms with E-state index in [2.05, 4.69) is 26.6 Å². The molecule has 1 heterocycles. The lowest BCUT2D eigenvalue weighted by atomic mass is 9.94. The van der Waals surface area contributed by atoms with E-state index in [4.69, 9.17) is 12.2 Å². The molecule has 2 N–H and O–H groups in total. The number of carbonyl (C=O) groups is 1. The molecule has 1 aliphatic heterocycles. The lowest BCUT2D eigenvalue weighted by Gasteiger charge is -2.33. The minimum atomic E-state index is -0.237. The average Bonchev–Trinajstić information content (AvgIpc) is 2.47. The molecule has 1 aromatic rings. The molecule has 0 saturated heterocycles. The van der Waals surface area contributed by atoms with Gasteiger partial charge in [-0.25, -0.2) is 0 Å². The number of halogens is 1. The lowest BCUT2D eigenvalue weighted by Crippen LogP contribution is -2.47. The quantitative estimate of drug-likeness (QED) is 0.786. The summed E-state index contributed by atoms with van der Waals surface area (Å²) in [6.45, 7) is 7.23. The van der Waals surface area contributed by atoms with Gasteiger partial charge in [0, 0.05) is 23.3 Å². The van der Waals surface area contributed by atoms with Gasteiger partial charge in [0.05, 0.1) is 11.6 Å².